The van der Waals surface area contributed by atoms with E-state index in [0.717, 1.165) is 5.56 Å². The predicted octanol–water partition coefficient (Wildman–Crippen LogP) is 4.29. The van der Waals surface area contributed by atoms with Gasteiger partial charge >= 0.3 is 0 Å². The number of amides is 2. The van der Waals surface area contributed by atoms with E-state index < -0.39 is 0 Å². The van der Waals surface area contributed by atoms with E-state index in [2.05, 4.69) is 0 Å². The number of hydrogen-bond acceptors (Lipinski definition) is 4. The molecule has 0 saturated heterocycles. The number of carbonyl (C=O) groups excluding carboxylic acids is 2. The number of methoxy groups -OCH3 is 1. The molecule has 0 spiro atoms. The maximum atomic E-state index is 13.3. The molecule has 0 fully saturated rings. The first-order valence-corrected chi connectivity index (χ1v) is 10.8. The Bertz CT molecular complexity index is 992. The van der Waals surface area contributed by atoms with Crippen LogP contribution < -0.4 is 0 Å². The molecule has 3 aromatic rings. The number of ether oxygens (including phenoxy) is 1. The van der Waals surface area contributed by atoms with Gasteiger partial charge in [0, 0.05) is 30.8 Å². The molecule has 3 rings (SSSR count). The lowest BCUT2D eigenvalue weighted by atomic mass is 10.1. The van der Waals surface area contributed by atoms with Crippen LogP contribution in [0.3, 0.4) is 0 Å². The van der Waals surface area contributed by atoms with Crippen molar-refractivity contribution < 1.29 is 18.7 Å². The van der Waals surface area contributed by atoms with Crippen molar-refractivity contribution in [2.24, 2.45) is 0 Å². The number of halogens is 1. The molecule has 0 aliphatic heterocycles. The molecule has 0 saturated carbocycles. The van der Waals surface area contributed by atoms with E-state index in [1.54, 1.807) is 48.6 Å². The zero-order valence-corrected chi connectivity index (χ0v) is 18.8. The van der Waals surface area contributed by atoms with E-state index in [-0.39, 0.29) is 18.4 Å². The number of rotatable bonds is 11. The molecule has 168 valence electrons. The van der Waals surface area contributed by atoms with Crippen LogP contribution in [0.4, 0.5) is 0 Å². The van der Waals surface area contributed by atoms with Crippen molar-refractivity contribution in [3.05, 3.63) is 94.9 Å². The monoisotopic (exact) mass is 454 g/mol. The van der Waals surface area contributed by atoms with Crippen LogP contribution in [0, 0.1) is 0 Å². The SMILES string of the molecule is COCCN(CC(=O)N(CCc1ccccc1)Cc1ccco1)C(=O)c1cccc(Cl)c1. The Morgan fingerprint density at radius 2 is 1.78 bits per heavy atom. The Kier molecular flexibility index (Phi) is 8.90. The number of hydrogen-bond donors (Lipinski definition) is 0. The predicted molar refractivity (Wildman–Crippen MR) is 124 cm³/mol. The molecular weight excluding hydrogens is 428 g/mol. The topological polar surface area (TPSA) is 63.0 Å². The van der Waals surface area contributed by atoms with Crippen LogP contribution in [-0.4, -0.2) is 55.0 Å². The Morgan fingerprint density at radius 3 is 2.47 bits per heavy atom. The highest BCUT2D eigenvalue weighted by molar-refractivity contribution is 6.31. The lowest BCUT2D eigenvalue weighted by molar-refractivity contribution is -0.132. The molecule has 32 heavy (non-hydrogen) atoms. The van der Waals surface area contributed by atoms with Gasteiger partial charge in [-0.1, -0.05) is 48.0 Å². The molecule has 7 heteroatoms. The van der Waals surface area contributed by atoms with E-state index in [1.165, 1.54) is 4.90 Å². The average Bonchev–Trinajstić information content (AvgIpc) is 3.32. The van der Waals surface area contributed by atoms with Crippen LogP contribution in [0.5, 0.6) is 0 Å². The molecular formula is C25H27ClN2O4. The zero-order valence-electron chi connectivity index (χ0n) is 18.1. The van der Waals surface area contributed by atoms with Crippen molar-refractivity contribution in [1.82, 2.24) is 9.80 Å². The van der Waals surface area contributed by atoms with Gasteiger partial charge in [0.05, 0.1) is 19.4 Å². The van der Waals surface area contributed by atoms with Gasteiger partial charge in [0.2, 0.25) is 5.91 Å². The third kappa shape index (κ3) is 6.97. The van der Waals surface area contributed by atoms with Crippen molar-refractivity contribution in [2.75, 3.05) is 33.4 Å². The van der Waals surface area contributed by atoms with Crippen LogP contribution in [0.25, 0.3) is 0 Å². The summed E-state index contributed by atoms with van der Waals surface area (Å²) >= 11 is 6.05. The molecule has 0 aliphatic rings. The van der Waals surface area contributed by atoms with E-state index in [1.807, 2.05) is 36.4 Å². The van der Waals surface area contributed by atoms with E-state index in [9.17, 15) is 9.59 Å². The summed E-state index contributed by atoms with van der Waals surface area (Å²) in [4.78, 5) is 29.6. The number of furan rings is 1. The summed E-state index contributed by atoms with van der Waals surface area (Å²) in [5.41, 5.74) is 1.57. The average molecular weight is 455 g/mol. The summed E-state index contributed by atoms with van der Waals surface area (Å²) in [6, 6.07) is 20.3. The fraction of sp³-hybridized carbons (Fsp3) is 0.280. The van der Waals surface area contributed by atoms with E-state index >= 15 is 0 Å². The van der Waals surface area contributed by atoms with Gasteiger partial charge in [-0.25, -0.2) is 0 Å². The van der Waals surface area contributed by atoms with Gasteiger partial charge in [0.1, 0.15) is 12.3 Å². The summed E-state index contributed by atoms with van der Waals surface area (Å²) in [5, 5.41) is 0.469. The Morgan fingerprint density at radius 1 is 0.969 bits per heavy atom. The summed E-state index contributed by atoms with van der Waals surface area (Å²) in [5.74, 6) is 0.263. The maximum Gasteiger partial charge on any atom is 0.254 e. The third-order valence-corrected chi connectivity index (χ3v) is 5.28. The Hall–Kier alpha value is -3.09. The van der Waals surface area contributed by atoms with Crippen LogP contribution >= 0.6 is 11.6 Å². The van der Waals surface area contributed by atoms with Crippen molar-refractivity contribution >= 4 is 23.4 Å². The minimum absolute atomic E-state index is 0.0653. The summed E-state index contributed by atoms with van der Waals surface area (Å²) < 4.78 is 10.6. The number of nitrogens with zero attached hydrogens (tertiary/aromatic N) is 2. The molecule has 0 unspecified atom stereocenters. The van der Waals surface area contributed by atoms with Crippen molar-refractivity contribution in [3.63, 3.8) is 0 Å². The lowest BCUT2D eigenvalue weighted by Gasteiger charge is -2.27. The highest BCUT2D eigenvalue weighted by atomic mass is 35.5. The summed E-state index contributed by atoms with van der Waals surface area (Å²) in [7, 11) is 1.56. The second-order valence-corrected chi connectivity index (χ2v) is 7.80. The molecule has 6 nitrogen and oxygen atoms in total. The largest absolute Gasteiger partial charge is 0.467 e. The van der Waals surface area contributed by atoms with Gasteiger partial charge in [-0.2, -0.15) is 0 Å². The van der Waals surface area contributed by atoms with Crippen LogP contribution in [0.15, 0.2) is 77.4 Å². The first kappa shape index (κ1) is 23.6. The minimum atomic E-state index is -0.265. The van der Waals surface area contributed by atoms with Gasteiger partial charge in [0.15, 0.2) is 0 Å². The number of benzene rings is 2. The standard InChI is InChI=1S/C25H27ClN2O4/c1-31-16-14-28(25(30)21-9-5-10-22(26)17-21)19-24(29)27(18-23-11-6-15-32-23)13-12-20-7-3-2-4-8-20/h2-11,15,17H,12-14,16,18-19H2,1H3. The van der Waals surface area contributed by atoms with Gasteiger partial charge in [0.25, 0.3) is 5.91 Å². The molecule has 1 heterocycles. The van der Waals surface area contributed by atoms with Crippen LogP contribution in [0.2, 0.25) is 5.02 Å². The highest BCUT2D eigenvalue weighted by Gasteiger charge is 2.23. The zero-order chi connectivity index (χ0) is 22.8. The van der Waals surface area contributed by atoms with Crippen molar-refractivity contribution in [2.45, 2.75) is 13.0 Å². The molecule has 2 amide bonds. The van der Waals surface area contributed by atoms with Gasteiger partial charge in [-0.05, 0) is 42.3 Å². The molecule has 1 aromatic heterocycles. The fourth-order valence-electron chi connectivity index (χ4n) is 3.31. The third-order valence-electron chi connectivity index (χ3n) is 5.04. The van der Waals surface area contributed by atoms with Crippen molar-refractivity contribution in [1.29, 1.82) is 0 Å². The molecule has 0 atom stereocenters. The fourth-order valence-corrected chi connectivity index (χ4v) is 3.50. The highest BCUT2D eigenvalue weighted by Crippen LogP contribution is 2.14. The van der Waals surface area contributed by atoms with Gasteiger partial charge in [-0.15, -0.1) is 0 Å². The van der Waals surface area contributed by atoms with Gasteiger partial charge in [-0.3, -0.25) is 9.59 Å². The first-order valence-electron chi connectivity index (χ1n) is 10.4. The number of carbonyl (C=O) groups is 2. The minimum Gasteiger partial charge on any atom is -0.467 e. The maximum absolute atomic E-state index is 13.3. The summed E-state index contributed by atoms with van der Waals surface area (Å²) in [6.45, 7) is 1.39. The van der Waals surface area contributed by atoms with Crippen LogP contribution in [0.1, 0.15) is 21.7 Å². The molecule has 0 bridgehead atoms. The molecule has 0 N–H and O–H groups in total. The molecule has 0 aliphatic carbocycles. The Labute approximate surface area is 193 Å². The van der Waals surface area contributed by atoms with E-state index in [4.69, 9.17) is 20.8 Å². The normalized spacial score (nSPS) is 10.7. The summed E-state index contributed by atoms with van der Waals surface area (Å²) in [6.07, 6.45) is 2.29. The van der Waals surface area contributed by atoms with Crippen LogP contribution in [-0.2, 0) is 22.5 Å². The molecule has 2 aromatic carbocycles. The Balaban J connectivity index is 1.74. The second-order valence-electron chi connectivity index (χ2n) is 7.36. The second kappa shape index (κ2) is 12.1. The van der Waals surface area contributed by atoms with Gasteiger partial charge < -0.3 is 19.0 Å². The van der Waals surface area contributed by atoms with Crippen molar-refractivity contribution in [3.8, 4) is 0 Å². The molecule has 0 radical (unpaired) electrons. The smallest absolute Gasteiger partial charge is 0.254 e. The van der Waals surface area contributed by atoms with E-state index in [0.29, 0.717) is 49.0 Å². The quantitative estimate of drug-likeness (QED) is 0.433. The lowest BCUT2D eigenvalue weighted by Crippen LogP contribution is -2.44. The first-order chi connectivity index (χ1) is 15.6.